The van der Waals surface area contributed by atoms with Gasteiger partial charge in [-0.15, -0.1) is 0 Å². The first-order chi connectivity index (χ1) is 17.5. The summed E-state index contributed by atoms with van der Waals surface area (Å²) in [7, 11) is 0. The van der Waals surface area contributed by atoms with Crippen molar-refractivity contribution >= 4 is 11.8 Å². The second-order valence-corrected chi connectivity index (χ2v) is 9.39. The van der Waals surface area contributed by atoms with Crippen molar-refractivity contribution < 1.29 is 19.1 Å². The highest BCUT2D eigenvalue weighted by atomic mass is 16.5. The van der Waals surface area contributed by atoms with Crippen LogP contribution in [0.5, 0.6) is 11.5 Å². The van der Waals surface area contributed by atoms with Gasteiger partial charge in [0.15, 0.2) is 13.2 Å². The van der Waals surface area contributed by atoms with Crippen LogP contribution in [0.25, 0.3) is 0 Å². The van der Waals surface area contributed by atoms with Gasteiger partial charge in [0, 0.05) is 13.1 Å². The van der Waals surface area contributed by atoms with Crippen LogP contribution in [0.1, 0.15) is 89.2 Å². The van der Waals surface area contributed by atoms with Gasteiger partial charge < -0.3 is 20.1 Å². The first-order valence-corrected chi connectivity index (χ1v) is 13.4. The molecule has 0 spiro atoms. The SMILES string of the molecule is CCC(C)c1ccccc1OCC(=O)NCCCCCCNC(=O)COc1ccccc1C(C)CC. The molecule has 0 radical (unpaired) electrons. The number of ether oxygens (including phenoxy) is 2. The Balaban J connectivity index is 1.52. The Labute approximate surface area is 217 Å². The fraction of sp³-hybridized carbons (Fsp3) is 0.533. The number of para-hydroxylation sites is 2. The van der Waals surface area contributed by atoms with Crippen molar-refractivity contribution in [1.82, 2.24) is 10.6 Å². The number of hydrogen-bond acceptors (Lipinski definition) is 4. The Kier molecular flexibility index (Phi) is 13.5. The van der Waals surface area contributed by atoms with Crippen LogP contribution in [0.15, 0.2) is 48.5 Å². The van der Waals surface area contributed by atoms with Gasteiger partial charge in [0.1, 0.15) is 11.5 Å². The van der Waals surface area contributed by atoms with E-state index in [4.69, 9.17) is 9.47 Å². The molecule has 198 valence electrons. The summed E-state index contributed by atoms with van der Waals surface area (Å²) in [4.78, 5) is 24.2. The Morgan fingerprint density at radius 3 is 1.44 bits per heavy atom. The quantitative estimate of drug-likeness (QED) is 0.265. The Morgan fingerprint density at radius 2 is 1.06 bits per heavy atom. The molecule has 0 aliphatic rings. The summed E-state index contributed by atoms with van der Waals surface area (Å²) in [6.07, 6.45) is 5.84. The molecule has 2 rings (SSSR count). The van der Waals surface area contributed by atoms with Crippen LogP contribution in [0.2, 0.25) is 0 Å². The van der Waals surface area contributed by atoms with E-state index in [-0.39, 0.29) is 25.0 Å². The number of carbonyl (C=O) groups is 2. The van der Waals surface area contributed by atoms with E-state index in [0.717, 1.165) is 61.2 Å². The number of nitrogens with one attached hydrogen (secondary N) is 2. The molecule has 0 fully saturated rings. The molecule has 0 aliphatic carbocycles. The fourth-order valence-corrected chi connectivity index (χ4v) is 3.93. The summed E-state index contributed by atoms with van der Waals surface area (Å²) in [5.74, 6) is 2.16. The van der Waals surface area contributed by atoms with E-state index < -0.39 is 0 Å². The van der Waals surface area contributed by atoms with Gasteiger partial charge in [-0.25, -0.2) is 0 Å². The molecular formula is C30H44N2O4. The number of hydrogen-bond donors (Lipinski definition) is 2. The molecule has 0 aliphatic heterocycles. The number of unbranched alkanes of at least 4 members (excludes halogenated alkanes) is 3. The third-order valence-corrected chi connectivity index (χ3v) is 6.59. The first kappa shape index (κ1) is 29.2. The van der Waals surface area contributed by atoms with E-state index >= 15 is 0 Å². The van der Waals surface area contributed by atoms with Gasteiger partial charge in [0.2, 0.25) is 0 Å². The highest BCUT2D eigenvalue weighted by Gasteiger charge is 2.12. The maximum atomic E-state index is 12.1. The maximum absolute atomic E-state index is 12.1. The molecule has 2 amide bonds. The molecule has 2 N–H and O–H groups in total. The van der Waals surface area contributed by atoms with Crippen molar-refractivity contribution in [2.75, 3.05) is 26.3 Å². The average Bonchev–Trinajstić information content (AvgIpc) is 2.91. The van der Waals surface area contributed by atoms with Crippen molar-refractivity contribution in [3.63, 3.8) is 0 Å². The van der Waals surface area contributed by atoms with E-state index in [2.05, 4.69) is 50.5 Å². The summed E-state index contributed by atoms with van der Waals surface area (Å²) in [5.41, 5.74) is 2.28. The van der Waals surface area contributed by atoms with Crippen LogP contribution in [0.3, 0.4) is 0 Å². The third kappa shape index (κ3) is 10.3. The summed E-state index contributed by atoms with van der Waals surface area (Å²) in [5, 5.41) is 5.85. The highest BCUT2D eigenvalue weighted by molar-refractivity contribution is 5.77. The number of carbonyl (C=O) groups excluding carboxylic acids is 2. The smallest absolute Gasteiger partial charge is 0.257 e. The fourth-order valence-electron chi connectivity index (χ4n) is 3.93. The zero-order valence-corrected chi connectivity index (χ0v) is 22.5. The first-order valence-electron chi connectivity index (χ1n) is 13.4. The number of amides is 2. The van der Waals surface area contributed by atoms with Gasteiger partial charge in [0.25, 0.3) is 11.8 Å². The van der Waals surface area contributed by atoms with E-state index in [0.29, 0.717) is 24.9 Å². The molecule has 0 saturated carbocycles. The molecule has 6 heteroatoms. The molecule has 0 heterocycles. The van der Waals surface area contributed by atoms with Crippen molar-refractivity contribution in [1.29, 1.82) is 0 Å². The lowest BCUT2D eigenvalue weighted by atomic mass is 9.98. The number of rotatable bonds is 17. The van der Waals surface area contributed by atoms with Gasteiger partial charge in [-0.2, -0.15) is 0 Å². The number of benzene rings is 2. The third-order valence-electron chi connectivity index (χ3n) is 6.59. The molecule has 6 nitrogen and oxygen atoms in total. The normalized spacial score (nSPS) is 12.4. The predicted octanol–water partition coefficient (Wildman–Crippen LogP) is 5.96. The minimum absolute atomic E-state index is 0.0311. The van der Waals surface area contributed by atoms with Crippen molar-refractivity contribution in [2.45, 2.75) is 78.1 Å². The van der Waals surface area contributed by atoms with E-state index in [1.807, 2.05) is 36.4 Å². The molecular weight excluding hydrogens is 452 g/mol. The zero-order chi connectivity index (χ0) is 26.2. The average molecular weight is 497 g/mol. The van der Waals surface area contributed by atoms with Gasteiger partial charge in [0.05, 0.1) is 0 Å². The van der Waals surface area contributed by atoms with E-state index in [9.17, 15) is 9.59 Å². The predicted molar refractivity (Wildman–Crippen MR) is 146 cm³/mol. The lowest BCUT2D eigenvalue weighted by Gasteiger charge is -2.15. The zero-order valence-electron chi connectivity index (χ0n) is 22.5. The molecule has 0 saturated heterocycles. The van der Waals surface area contributed by atoms with Crippen LogP contribution in [0.4, 0.5) is 0 Å². The topological polar surface area (TPSA) is 76.7 Å². The Hall–Kier alpha value is -3.02. The van der Waals surface area contributed by atoms with Crippen molar-refractivity contribution in [3.05, 3.63) is 59.7 Å². The minimum atomic E-state index is -0.101. The standard InChI is InChI=1S/C30H44N2O4/c1-5-23(3)25-15-9-11-17-27(25)35-21-29(33)31-19-13-7-8-14-20-32-30(34)22-36-28-18-12-10-16-26(28)24(4)6-2/h9-12,15-18,23-24H,5-8,13-14,19-22H2,1-4H3,(H,31,33)(H,32,34). The summed E-state index contributed by atoms with van der Waals surface area (Å²) in [6, 6.07) is 15.8. The van der Waals surface area contributed by atoms with Crippen LogP contribution < -0.4 is 20.1 Å². The largest absolute Gasteiger partial charge is 0.483 e. The molecule has 2 atom stereocenters. The summed E-state index contributed by atoms with van der Waals surface area (Å²) >= 11 is 0. The second-order valence-electron chi connectivity index (χ2n) is 9.39. The van der Waals surface area contributed by atoms with E-state index in [1.54, 1.807) is 0 Å². The lowest BCUT2D eigenvalue weighted by molar-refractivity contribution is -0.123. The van der Waals surface area contributed by atoms with Crippen molar-refractivity contribution in [2.24, 2.45) is 0 Å². The van der Waals surface area contributed by atoms with Gasteiger partial charge in [-0.1, -0.05) is 76.9 Å². The van der Waals surface area contributed by atoms with Crippen LogP contribution in [0, 0.1) is 0 Å². The summed E-state index contributed by atoms with van der Waals surface area (Å²) in [6.45, 7) is 9.94. The molecule has 0 bridgehead atoms. The van der Waals surface area contributed by atoms with Gasteiger partial charge in [-0.05, 0) is 60.8 Å². The van der Waals surface area contributed by atoms with Gasteiger partial charge in [-0.3, -0.25) is 9.59 Å². The van der Waals surface area contributed by atoms with Crippen molar-refractivity contribution in [3.8, 4) is 11.5 Å². The molecule has 2 unspecified atom stereocenters. The maximum Gasteiger partial charge on any atom is 0.257 e. The monoisotopic (exact) mass is 496 g/mol. The lowest BCUT2D eigenvalue weighted by Crippen LogP contribution is -2.30. The Bertz CT molecular complexity index is 855. The van der Waals surface area contributed by atoms with Crippen LogP contribution in [-0.2, 0) is 9.59 Å². The Morgan fingerprint density at radius 1 is 0.667 bits per heavy atom. The summed E-state index contributed by atoms with van der Waals surface area (Å²) < 4.78 is 11.5. The van der Waals surface area contributed by atoms with Crippen LogP contribution >= 0.6 is 0 Å². The van der Waals surface area contributed by atoms with E-state index in [1.165, 1.54) is 0 Å². The second kappa shape index (κ2) is 16.6. The highest BCUT2D eigenvalue weighted by Crippen LogP contribution is 2.29. The molecule has 0 aromatic heterocycles. The molecule has 2 aromatic rings. The molecule has 2 aromatic carbocycles. The molecule has 36 heavy (non-hydrogen) atoms. The van der Waals surface area contributed by atoms with Crippen LogP contribution in [-0.4, -0.2) is 38.1 Å². The minimum Gasteiger partial charge on any atom is -0.483 e. The van der Waals surface area contributed by atoms with Gasteiger partial charge >= 0.3 is 0 Å².